The topological polar surface area (TPSA) is 30.5 Å². The lowest BCUT2D eigenvalue weighted by atomic mass is 10.1. The van der Waals surface area contributed by atoms with Gasteiger partial charge in [0, 0.05) is 6.54 Å². The zero-order valence-electron chi connectivity index (χ0n) is 15.7. The fourth-order valence-corrected chi connectivity index (χ4v) is 2.49. The van der Waals surface area contributed by atoms with Gasteiger partial charge in [0.1, 0.15) is 6.61 Å². The summed E-state index contributed by atoms with van der Waals surface area (Å²) in [5.41, 5.74) is 3.64. The van der Waals surface area contributed by atoms with Crippen LogP contribution in [0.25, 0.3) is 0 Å². The maximum absolute atomic E-state index is 5.96. The summed E-state index contributed by atoms with van der Waals surface area (Å²) in [6.07, 6.45) is 1.19. The fourth-order valence-electron chi connectivity index (χ4n) is 2.49. The molecule has 0 unspecified atom stereocenters. The third-order valence-electron chi connectivity index (χ3n) is 4.10. The molecule has 0 aliphatic rings. The van der Waals surface area contributed by atoms with Gasteiger partial charge in [-0.3, -0.25) is 0 Å². The number of aryl methyl sites for hydroxylation is 1. The summed E-state index contributed by atoms with van der Waals surface area (Å²) in [7, 11) is 1.69. The van der Waals surface area contributed by atoms with E-state index in [0.717, 1.165) is 30.5 Å². The van der Waals surface area contributed by atoms with Crippen LogP contribution in [0.2, 0.25) is 0 Å². The highest BCUT2D eigenvalue weighted by atomic mass is 35.5. The molecule has 0 bridgehead atoms. The Morgan fingerprint density at radius 2 is 1.80 bits per heavy atom. The van der Waals surface area contributed by atoms with Crippen LogP contribution < -0.4 is 14.8 Å². The van der Waals surface area contributed by atoms with Crippen molar-refractivity contribution in [1.29, 1.82) is 0 Å². The molecule has 0 atom stereocenters. The van der Waals surface area contributed by atoms with E-state index in [-0.39, 0.29) is 12.4 Å². The van der Waals surface area contributed by atoms with Gasteiger partial charge in [0.25, 0.3) is 0 Å². The number of hydrogen-bond acceptors (Lipinski definition) is 3. The van der Waals surface area contributed by atoms with Crippen molar-refractivity contribution in [3.05, 3.63) is 59.2 Å². The molecule has 0 aliphatic heterocycles. The molecule has 2 aromatic carbocycles. The highest BCUT2D eigenvalue weighted by Gasteiger charge is 2.07. The second-order valence-corrected chi connectivity index (χ2v) is 6.56. The van der Waals surface area contributed by atoms with Crippen LogP contribution in [0.15, 0.2) is 42.5 Å². The molecule has 0 fully saturated rings. The maximum Gasteiger partial charge on any atom is 0.161 e. The van der Waals surface area contributed by atoms with E-state index in [4.69, 9.17) is 9.47 Å². The lowest BCUT2D eigenvalue weighted by Gasteiger charge is -2.14. The third-order valence-corrected chi connectivity index (χ3v) is 4.10. The molecule has 4 heteroatoms. The zero-order chi connectivity index (χ0) is 17.4. The van der Waals surface area contributed by atoms with Gasteiger partial charge in [-0.15, -0.1) is 12.4 Å². The second kappa shape index (κ2) is 11.0. The second-order valence-electron chi connectivity index (χ2n) is 6.56. The lowest BCUT2D eigenvalue weighted by Crippen LogP contribution is -2.16. The van der Waals surface area contributed by atoms with Crippen molar-refractivity contribution < 1.29 is 9.47 Å². The van der Waals surface area contributed by atoms with Crippen molar-refractivity contribution in [2.45, 2.75) is 40.3 Å². The van der Waals surface area contributed by atoms with E-state index in [1.54, 1.807) is 7.11 Å². The number of hydrogen-bond donors (Lipinski definition) is 1. The van der Waals surface area contributed by atoms with Crippen LogP contribution in [0.4, 0.5) is 0 Å². The summed E-state index contributed by atoms with van der Waals surface area (Å²) in [5.74, 6) is 2.29. The van der Waals surface area contributed by atoms with Crippen molar-refractivity contribution in [3.8, 4) is 11.5 Å². The van der Waals surface area contributed by atoms with Gasteiger partial charge in [0.05, 0.1) is 7.11 Å². The van der Waals surface area contributed by atoms with Crippen LogP contribution in [0.5, 0.6) is 11.5 Å². The van der Waals surface area contributed by atoms with Gasteiger partial charge in [0.15, 0.2) is 11.5 Å². The van der Waals surface area contributed by atoms with Crippen molar-refractivity contribution in [2.75, 3.05) is 13.7 Å². The molecule has 0 aliphatic carbocycles. The predicted octanol–water partition coefficient (Wildman–Crippen LogP) is 5.14. The van der Waals surface area contributed by atoms with Gasteiger partial charge in [-0.2, -0.15) is 0 Å². The standard InChI is InChI=1S/C21H29NO2.ClH/c1-16(2)11-12-22-14-18-9-10-20(21(13-18)23-4)24-15-19-8-6-5-7-17(19)3;/h5-10,13,16,22H,11-12,14-15H2,1-4H3;1H. The smallest absolute Gasteiger partial charge is 0.161 e. The minimum atomic E-state index is 0. The van der Waals surface area contributed by atoms with Gasteiger partial charge in [0.2, 0.25) is 0 Å². The molecule has 25 heavy (non-hydrogen) atoms. The third kappa shape index (κ3) is 6.97. The summed E-state index contributed by atoms with van der Waals surface area (Å²) in [5, 5.41) is 3.47. The number of halogens is 1. The van der Waals surface area contributed by atoms with Gasteiger partial charge in [-0.25, -0.2) is 0 Å². The Balaban J connectivity index is 0.00000312. The zero-order valence-corrected chi connectivity index (χ0v) is 16.5. The van der Waals surface area contributed by atoms with Crippen molar-refractivity contribution in [2.24, 2.45) is 5.92 Å². The average Bonchev–Trinajstić information content (AvgIpc) is 2.58. The number of benzene rings is 2. The van der Waals surface area contributed by atoms with Crippen molar-refractivity contribution in [3.63, 3.8) is 0 Å². The Labute approximate surface area is 158 Å². The van der Waals surface area contributed by atoms with E-state index in [2.05, 4.69) is 50.4 Å². The molecular weight excluding hydrogens is 334 g/mol. The monoisotopic (exact) mass is 363 g/mol. The summed E-state index contributed by atoms with van der Waals surface area (Å²) in [6, 6.07) is 14.4. The predicted molar refractivity (Wildman–Crippen MR) is 107 cm³/mol. The van der Waals surface area contributed by atoms with Crippen LogP contribution in [0.1, 0.15) is 37.0 Å². The molecule has 0 saturated carbocycles. The van der Waals surface area contributed by atoms with Crippen LogP contribution in [0.3, 0.4) is 0 Å². The molecule has 138 valence electrons. The quantitative estimate of drug-likeness (QED) is 0.625. The van der Waals surface area contributed by atoms with Gasteiger partial charge in [-0.05, 0) is 54.6 Å². The first-order valence-corrected chi connectivity index (χ1v) is 8.65. The van der Waals surface area contributed by atoms with Crippen LogP contribution >= 0.6 is 12.4 Å². The van der Waals surface area contributed by atoms with Crippen molar-refractivity contribution in [1.82, 2.24) is 5.32 Å². The first-order valence-electron chi connectivity index (χ1n) is 8.65. The highest BCUT2D eigenvalue weighted by Crippen LogP contribution is 2.29. The Bertz CT molecular complexity index is 644. The minimum absolute atomic E-state index is 0. The number of rotatable bonds is 9. The molecule has 0 spiro atoms. The lowest BCUT2D eigenvalue weighted by molar-refractivity contribution is 0.283. The average molecular weight is 364 g/mol. The number of methoxy groups -OCH3 is 1. The Morgan fingerprint density at radius 3 is 2.48 bits per heavy atom. The number of ether oxygens (including phenoxy) is 2. The van der Waals surface area contributed by atoms with E-state index >= 15 is 0 Å². The Hall–Kier alpha value is -1.71. The molecule has 2 rings (SSSR count). The first kappa shape index (κ1) is 21.3. The van der Waals surface area contributed by atoms with Crippen LogP contribution in [-0.4, -0.2) is 13.7 Å². The molecule has 0 heterocycles. The fraction of sp³-hybridized carbons (Fsp3) is 0.429. The van der Waals surface area contributed by atoms with Gasteiger partial charge in [-0.1, -0.05) is 44.2 Å². The maximum atomic E-state index is 5.96. The van der Waals surface area contributed by atoms with E-state index in [0.29, 0.717) is 6.61 Å². The van der Waals surface area contributed by atoms with Crippen molar-refractivity contribution >= 4 is 12.4 Å². The summed E-state index contributed by atoms with van der Waals surface area (Å²) >= 11 is 0. The number of nitrogens with one attached hydrogen (secondary N) is 1. The van der Waals surface area contributed by atoms with Crippen LogP contribution in [-0.2, 0) is 13.2 Å². The molecule has 0 amide bonds. The minimum Gasteiger partial charge on any atom is -0.493 e. The van der Waals surface area contributed by atoms with E-state index < -0.39 is 0 Å². The molecular formula is C21H30ClNO2. The van der Waals surface area contributed by atoms with Gasteiger partial charge < -0.3 is 14.8 Å². The molecule has 3 nitrogen and oxygen atoms in total. The Morgan fingerprint density at radius 1 is 1.04 bits per heavy atom. The summed E-state index contributed by atoms with van der Waals surface area (Å²) in [4.78, 5) is 0. The first-order chi connectivity index (χ1) is 11.6. The van der Waals surface area contributed by atoms with Gasteiger partial charge >= 0.3 is 0 Å². The highest BCUT2D eigenvalue weighted by molar-refractivity contribution is 5.85. The Kier molecular flexibility index (Phi) is 9.40. The molecule has 0 aromatic heterocycles. The summed E-state index contributed by atoms with van der Waals surface area (Å²) in [6.45, 7) is 9.01. The summed E-state index contributed by atoms with van der Waals surface area (Å²) < 4.78 is 11.5. The molecule has 1 N–H and O–H groups in total. The SMILES string of the molecule is COc1cc(CNCCC(C)C)ccc1OCc1ccccc1C.Cl. The van der Waals surface area contributed by atoms with E-state index in [9.17, 15) is 0 Å². The van der Waals surface area contributed by atoms with Crippen LogP contribution in [0, 0.1) is 12.8 Å². The molecule has 0 radical (unpaired) electrons. The molecule has 0 saturated heterocycles. The molecule has 2 aromatic rings. The normalized spacial score (nSPS) is 10.4. The van der Waals surface area contributed by atoms with E-state index in [1.165, 1.54) is 23.1 Å². The largest absolute Gasteiger partial charge is 0.493 e. The van der Waals surface area contributed by atoms with E-state index in [1.807, 2.05) is 18.2 Å².